The van der Waals surface area contributed by atoms with Crippen molar-refractivity contribution in [3.05, 3.63) is 39.9 Å². The minimum absolute atomic E-state index is 0.0988. The number of nitro benzene ring substituents is 1. The first-order valence-corrected chi connectivity index (χ1v) is 7.58. The number of alkyl halides is 1. The van der Waals surface area contributed by atoms with Gasteiger partial charge in [-0.1, -0.05) is 54.8 Å². The summed E-state index contributed by atoms with van der Waals surface area (Å²) in [6, 6.07) is 5.97. The van der Waals surface area contributed by atoms with Gasteiger partial charge in [0.15, 0.2) is 0 Å². The third kappa shape index (κ3) is 4.30. The zero-order valence-electron chi connectivity index (χ0n) is 11.6. The number of carbonyl (C=O) groups is 1. The predicted octanol–water partition coefficient (Wildman–Crippen LogP) is 3.52. The number of hydrogen-bond donors (Lipinski definition) is 1. The third-order valence-electron chi connectivity index (χ3n) is 3.36. The summed E-state index contributed by atoms with van der Waals surface area (Å²) in [6.45, 7) is 4.66. The Hall–Kier alpha value is -1.43. The molecule has 1 unspecified atom stereocenters. The van der Waals surface area contributed by atoms with Crippen LogP contribution in [0.15, 0.2) is 24.3 Å². The van der Waals surface area contributed by atoms with Crippen LogP contribution in [0.4, 0.5) is 5.69 Å². The molecule has 0 bridgehead atoms. The van der Waals surface area contributed by atoms with Crippen LogP contribution in [0.25, 0.3) is 0 Å². The molecule has 6 heteroatoms. The molecular formula is C14H19BrN2O3. The number of para-hydroxylation sites is 1. The van der Waals surface area contributed by atoms with Gasteiger partial charge in [-0.15, -0.1) is 0 Å². The maximum Gasteiger partial charge on any atom is 0.282 e. The molecule has 1 N–H and O–H groups in total. The van der Waals surface area contributed by atoms with Gasteiger partial charge in [-0.25, -0.2) is 0 Å². The van der Waals surface area contributed by atoms with Gasteiger partial charge in [-0.2, -0.15) is 0 Å². The summed E-state index contributed by atoms with van der Waals surface area (Å²) >= 11 is 3.56. The zero-order valence-corrected chi connectivity index (χ0v) is 13.2. The summed E-state index contributed by atoms with van der Waals surface area (Å²) in [6.07, 6.45) is 2.04. The summed E-state index contributed by atoms with van der Waals surface area (Å²) < 4.78 is 0. The van der Waals surface area contributed by atoms with Gasteiger partial charge < -0.3 is 5.32 Å². The van der Waals surface area contributed by atoms with E-state index in [9.17, 15) is 14.9 Å². The second-order valence-corrected chi connectivity index (χ2v) is 5.75. The molecule has 1 rings (SSSR count). The molecular weight excluding hydrogens is 324 g/mol. The number of hydrogen-bond acceptors (Lipinski definition) is 3. The maximum absolute atomic E-state index is 12.0. The number of halogens is 1. The van der Waals surface area contributed by atoms with Crippen LogP contribution in [-0.2, 0) is 0 Å². The molecule has 0 saturated heterocycles. The fourth-order valence-electron chi connectivity index (χ4n) is 2.08. The quantitative estimate of drug-likeness (QED) is 0.468. The van der Waals surface area contributed by atoms with E-state index in [2.05, 4.69) is 35.1 Å². The molecule has 0 heterocycles. The molecule has 5 nitrogen and oxygen atoms in total. The first kappa shape index (κ1) is 16.6. The fourth-order valence-corrected chi connectivity index (χ4v) is 2.99. The van der Waals surface area contributed by atoms with E-state index in [0.717, 1.165) is 12.8 Å². The van der Waals surface area contributed by atoms with Crippen molar-refractivity contribution in [2.24, 2.45) is 5.92 Å². The van der Waals surface area contributed by atoms with E-state index in [1.165, 1.54) is 12.1 Å². The van der Waals surface area contributed by atoms with Gasteiger partial charge in [0.2, 0.25) is 0 Å². The van der Waals surface area contributed by atoms with E-state index in [4.69, 9.17) is 0 Å². The van der Waals surface area contributed by atoms with E-state index in [-0.39, 0.29) is 16.1 Å². The second-order valence-electron chi connectivity index (χ2n) is 4.58. The Kier molecular flexibility index (Phi) is 6.64. The number of nitrogens with zero attached hydrogens (tertiary/aromatic N) is 1. The largest absolute Gasteiger partial charge is 0.351 e. The molecule has 0 spiro atoms. The molecule has 0 aliphatic heterocycles. The second kappa shape index (κ2) is 7.99. The topological polar surface area (TPSA) is 72.2 Å². The Morgan fingerprint density at radius 2 is 1.95 bits per heavy atom. The highest BCUT2D eigenvalue weighted by atomic mass is 79.9. The van der Waals surface area contributed by atoms with Gasteiger partial charge in [-0.05, 0) is 12.0 Å². The van der Waals surface area contributed by atoms with Gasteiger partial charge in [0.05, 0.1) is 4.92 Å². The van der Waals surface area contributed by atoms with Crippen molar-refractivity contribution in [2.45, 2.75) is 31.5 Å². The molecule has 0 radical (unpaired) electrons. The Bertz CT molecular complexity index is 475. The normalized spacial score (nSPS) is 12.2. The average Bonchev–Trinajstić information content (AvgIpc) is 2.46. The summed E-state index contributed by atoms with van der Waals surface area (Å²) in [5.41, 5.74) is -0.0691. The van der Waals surface area contributed by atoms with Crippen LogP contribution in [0, 0.1) is 16.0 Å². The Morgan fingerprint density at radius 1 is 1.35 bits per heavy atom. The van der Waals surface area contributed by atoms with Crippen molar-refractivity contribution < 1.29 is 9.72 Å². The monoisotopic (exact) mass is 342 g/mol. The zero-order chi connectivity index (χ0) is 15.1. The van der Waals surface area contributed by atoms with E-state index in [0.29, 0.717) is 12.5 Å². The van der Waals surface area contributed by atoms with E-state index in [1.54, 1.807) is 12.1 Å². The lowest BCUT2D eigenvalue weighted by Gasteiger charge is -2.19. The van der Waals surface area contributed by atoms with Crippen LogP contribution in [0.3, 0.4) is 0 Å². The number of nitro groups is 1. The molecule has 20 heavy (non-hydrogen) atoms. The molecule has 0 aliphatic rings. The fraction of sp³-hybridized carbons (Fsp3) is 0.500. The summed E-state index contributed by atoms with van der Waals surface area (Å²) in [5.74, 6) is 0.0637. The van der Waals surface area contributed by atoms with E-state index >= 15 is 0 Å². The molecule has 0 aliphatic carbocycles. The summed E-state index contributed by atoms with van der Waals surface area (Å²) in [4.78, 5) is 22.5. The molecule has 1 atom stereocenters. The first-order valence-electron chi connectivity index (χ1n) is 6.66. The number of rotatable bonds is 7. The number of carbonyl (C=O) groups excluding carboxylic acids is 1. The summed E-state index contributed by atoms with van der Waals surface area (Å²) in [5, 5.41) is 13.6. The van der Waals surface area contributed by atoms with Crippen molar-refractivity contribution in [1.29, 1.82) is 0 Å². The molecule has 1 aromatic carbocycles. The van der Waals surface area contributed by atoms with Crippen molar-refractivity contribution in [1.82, 2.24) is 5.32 Å². The minimum atomic E-state index is -0.540. The van der Waals surface area contributed by atoms with E-state index < -0.39 is 10.8 Å². The van der Waals surface area contributed by atoms with Crippen LogP contribution in [0.5, 0.6) is 0 Å². The van der Waals surface area contributed by atoms with Gasteiger partial charge >= 0.3 is 0 Å². The molecule has 0 fully saturated rings. The minimum Gasteiger partial charge on any atom is -0.351 e. The van der Waals surface area contributed by atoms with Crippen molar-refractivity contribution >= 4 is 27.5 Å². The van der Waals surface area contributed by atoms with Crippen LogP contribution in [-0.4, -0.2) is 22.2 Å². The highest BCUT2D eigenvalue weighted by Gasteiger charge is 2.21. The van der Waals surface area contributed by atoms with Crippen molar-refractivity contribution in [2.75, 3.05) is 6.54 Å². The Labute approximate surface area is 127 Å². The smallest absolute Gasteiger partial charge is 0.282 e. The van der Waals surface area contributed by atoms with Crippen LogP contribution in [0.1, 0.15) is 37.0 Å². The molecule has 0 aromatic heterocycles. The Balaban J connectivity index is 2.71. The summed E-state index contributed by atoms with van der Waals surface area (Å²) in [7, 11) is 0. The third-order valence-corrected chi connectivity index (χ3v) is 4.43. The number of amides is 1. The van der Waals surface area contributed by atoms with Gasteiger partial charge in [0.1, 0.15) is 5.56 Å². The molecule has 1 amide bonds. The predicted molar refractivity (Wildman–Crippen MR) is 82.2 cm³/mol. The highest BCUT2D eigenvalue weighted by Crippen LogP contribution is 2.20. The van der Waals surface area contributed by atoms with Gasteiger partial charge in [0, 0.05) is 17.4 Å². The first-order chi connectivity index (χ1) is 9.51. The maximum atomic E-state index is 12.0. The lowest BCUT2D eigenvalue weighted by atomic mass is 9.99. The van der Waals surface area contributed by atoms with Crippen LogP contribution in [0.2, 0.25) is 0 Å². The van der Waals surface area contributed by atoms with Gasteiger partial charge in [-0.3, -0.25) is 14.9 Å². The SMILES string of the molecule is CCC(CC)C(Br)CNC(=O)c1ccccc1[N+](=O)[O-]. The molecule has 1 aromatic rings. The highest BCUT2D eigenvalue weighted by molar-refractivity contribution is 9.09. The van der Waals surface area contributed by atoms with Crippen LogP contribution < -0.4 is 5.32 Å². The number of nitrogens with one attached hydrogen (secondary N) is 1. The average molecular weight is 343 g/mol. The standard InChI is InChI=1S/C14H19BrN2O3/c1-3-10(4-2)12(15)9-16-14(18)11-7-5-6-8-13(11)17(19)20/h5-8,10,12H,3-4,9H2,1-2H3,(H,16,18). The lowest BCUT2D eigenvalue weighted by molar-refractivity contribution is -0.385. The van der Waals surface area contributed by atoms with E-state index in [1.807, 2.05) is 0 Å². The molecule has 110 valence electrons. The van der Waals surface area contributed by atoms with Crippen LogP contribution >= 0.6 is 15.9 Å². The number of benzene rings is 1. The lowest BCUT2D eigenvalue weighted by Crippen LogP contribution is -2.33. The Morgan fingerprint density at radius 3 is 2.50 bits per heavy atom. The van der Waals surface area contributed by atoms with Gasteiger partial charge in [0.25, 0.3) is 11.6 Å². The van der Waals surface area contributed by atoms with Crippen molar-refractivity contribution in [3.63, 3.8) is 0 Å². The van der Waals surface area contributed by atoms with Crippen molar-refractivity contribution in [3.8, 4) is 0 Å². The molecule has 0 saturated carbocycles.